The highest BCUT2D eigenvalue weighted by atomic mass is 31.2. The van der Waals surface area contributed by atoms with Gasteiger partial charge in [0.2, 0.25) is 0 Å². The Morgan fingerprint density at radius 1 is 0.680 bits per heavy atom. The van der Waals surface area contributed by atoms with Gasteiger partial charge in [0.1, 0.15) is 23.0 Å². The minimum absolute atomic E-state index is 0.539. The van der Waals surface area contributed by atoms with Crippen molar-refractivity contribution in [2.45, 2.75) is 0 Å². The van der Waals surface area contributed by atoms with Gasteiger partial charge in [-0.1, -0.05) is 18.2 Å². The Bertz CT molecular complexity index is 858. The van der Waals surface area contributed by atoms with Crippen LogP contribution in [0, 0.1) is 0 Å². The molecule has 0 spiro atoms. The minimum Gasteiger partial charge on any atom is -0.497 e. The summed E-state index contributed by atoms with van der Waals surface area (Å²) in [4.78, 5) is 0. The lowest BCUT2D eigenvalue weighted by atomic mass is 10.3. The second kappa shape index (κ2) is 7.45. The standard InChI is InChI=1S/C20H19O4P/c1-22-16-8-10-17(11-9-16)23-18-12-14-19(15-13-18)24-25(2,21)20-6-4-3-5-7-20/h3-15H,1-2H3. The Kier molecular flexibility index (Phi) is 5.11. The van der Waals surface area contributed by atoms with E-state index >= 15 is 0 Å². The van der Waals surface area contributed by atoms with Crippen LogP contribution in [0.4, 0.5) is 0 Å². The lowest BCUT2D eigenvalue weighted by molar-refractivity contribution is 0.413. The Labute approximate surface area is 147 Å². The van der Waals surface area contributed by atoms with Gasteiger partial charge in [0.05, 0.1) is 7.11 Å². The van der Waals surface area contributed by atoms with Gasteiger partial charge in [-0.15, -0.1) is 0 Å². The zero-order valence-corrected chi connectivity index (χ0v) is 15.0. The Morgan fingerprint density at radius 3 is 1.68 bits per heavy atom. The van der Waals surface area contributed by atoms with Crippen molar-refractivity contribution in [3.63, 3.8) is 0 Å². The van der Waals surface area contributed by atoms with Crippen LogP contribution < -0.4 is 19.3 Å². The summed E-state index contributed by atoms with van der Waals surface area (Å²) in [7, 11) is -1.29. The molecule has 0 N–H and O–H groups in total. The fourth-order valence-electron chi connectivity index (χ4n) is 2.30. The average molecular weight is 354 g/mol. The van der Waals surface area contributed by atoms with Crippen molar-refractivity contribution in [3.05, 3.63) is 78.9 Å². The molecule has 0 radical (unpaired) electrons. The lowest BCUT2D eigenvalue weighted by Gasteiger charge is -2.15. The first-order chi connectivity index (χ1) is 12.1. The fraction of sp³-hybridized carbons (Fsp3) is 0.100. The van der Waals surface area contributed by atoms with Crippen molar-refractivity contribution in [1.82, 2.24) is 0 Å². The summed E-state index contributed by atoms with van der Waals surface area (Å²) in [6.07, 6.45) is 0. The lowest BCUT2D eigenvalue weighted by Crippen LogP contribution is -2.07. The maximum absolute atomic E-state index is 12.8. The van der Waals surface area contributed by atoms with E-state index in [-0.39, 0.29) is 0 Å². The number of benzene rings is 3. The number of rotatable bonds is 6. The molecule has 0 saturated carbocycles. The van der Waals surface area contributed by atoms with Crippen LogP contribution in [0.1, 0.15) is 0 Å². The molecule has 0 heterocycles. The Morgan fingerprint density at radius 2 is 1.16 bits per heavy atom. The first kappa shape index (κ1) is 17.1. The topological polar surface area (TPSA) is 44.8 Å². The van der Waals surface area contributed by atoms with Gasteiger partial charge in [0, 0.05) is 12.0 Å². The molecule has 25 heavy (non-hydrogen) atoms. The first-order valence-electron chi connectivity index (χ1n) is 7.81. The molecule has 0 aliphatic carbocycles. The molecular formula is C20H19O4P. The van der Waals surface area contributed by atoms with Crippen molar-refractivity contribution < 1.29 is 18.6 Å². The monoisotopic (exact) mass is 354 g/mol. The third-order valence-electron chi connectivity index (χ3n) is 3.62. The molecule has 5 heteroatoms. The summed E-state index contributed by atoms with van der Waals surface area (Å²) in [5.41, 5.74) is 0. The van der Waals surface area contributed by atoms with Gasteiger partial charge in [-0.2, -0.15) is 0 Å². The average Bonchev–Trinajstić information content (AvgIpc) is 2.64. The number of methoxy groups -OCH3 is 1. The summed E-state index contributed by atoms with van der Waals surface area (Å²) in [5, 5.41) is 0.688. The third kappa shape index (κ3) is 4.43. The number of hydrogen-bond acceptors (Lipinski definition) is 4. The van der Waals surface area contributed by atoms with Gasteiger partial charge in [0.25, 0.3) is 7.37 Å². The Hall–Kier alpha value is -2.71. The quantitative estimate of drug-likeness (QED) is 0.578. The van der Waals surface area contributed by atoms with E-state index in [1.54, 1.807) is 38.0 Å². The van der Waals surface area contributed by atoms with Crippen LogP contribution in [0.3, 0.4) is 0 Å². The van der Waals surface area contributed by atoms with Crippen LogP contribution in [0.5, 0.6) is 23.0 Å². The molecule has 128 valence electrons. The van der Waals surface area contributed by atoms with Crippen LogP contribution in [0.25, 0.3) is 0 Å². The van der Waals surface area contributed by atoms with Crippen LogP contribution in [0.2, 0.25) is 0 Å². The van der Waals surface area contributed by atoms with Crippen molar-refractivity contribution in [3.8, 4) is 23.0 Å². The summed E-state index contributed by atoms with van der Waals surface area (Å²) < 4.78 is 29.3. The summed E-state index contributed by atoms with van der Waals surface area (Å²) in [6.45, 7) is 1.62. The Balaban J connectivity index is 1.68. The highest BCUT2D eigenvalue weighted by Gasteiger charge is 2.20. The fourth-order valence-corrected chi connectivity index (χ4v) is 3.64. The van der Waals surface area contributed by atoms with E-state index < -0.39 is 7.37 Å². The molecular weight excluding hydrogens is 335 g/mol. The van der Waals surface area contributed by atoms with E-state index in [4.69, 9.17) is 14.0 Å². The van der Waals surface area contributed by atoms with Gasteiger partial charge < -0.3 is 14.0 Å². The molecule has 0 bridgehead atoms. The molecule has 3 rings (SSSR count). The van der Waals surface area contributed by atoms with Crippen LogP contribution in [-0.4, -0.2) is 13.8 Å². The third-order valence-corrected chi connectivity index (χ3v) is 5.42. The van der Waals surface area contributed by atoms with Crippen molar-refractivity contribution in [2.24, 2.45) is 0 Å². The first-order valence-corrected chi connectivity index (χ1v) is 9.89. The molecule has 3 aromatic carbocycles. The van der Waals surface area contributed by atoms with Crippen LogP contribution in [-0.2, 0) is 4.57 Å². The van der Waals surface area contributed by atoms with E-state index in [9.17, 15) is 4.57 Å². The molecule has 0 amide bonds. The van der Waals surface area contributed by atoms with Crippen LogP contribution in [0.15, 0.2) is 78.9 Å². The molecule has 0 saturated heterocycles. The second-order valence-corrected chi connectivity index (χ2v) is 7.91. The van der Waals surface area contributed by atoms with Gasteiger partial charge in [-0.3, -0.25) is 4.57 Å². The predicted octanol–water partition coefficient (Wildman–Crippen LogP) is 5.10. The van der Waals surface area contributed by atoms with E-state index in [0.717, 1.165) is 5.75 Å². The van der Waals surface area contributed by atoms with E-state index in [1.807, 2.05) is 54.6 Å². The summed E-state index contributed by atoms with van der Waals surface area (Å²) >= 11 is 0. The smallest absolute Gasteiger partial charge is 0.274 e. The van der Waals surface area contributed by atoms with E-state index in [2.05, 4.69) is 0 Å². The number of ether oxygens (including phenoxy) is 2. The summed E-state index contributed by atoms with van der Waals surface area (Å²) in [6, 6.07) is 23.6. The molecule has 0 aliphatic heterocycles. The predicted molar refractivity (Wildman–Crippen MR) is 99.7 cm³/mol. The normalized spacial score (nSPS) is 12.9. The van der Waals surface area contributed by atoms with Gasteiger partial charge in [0.15, 0.2) is 0 Å². The highest BCUT2D eigenvalue weighted by molar-refractivity contribution is 7.66. The molecule has 0 aliphatic rings. The zero-order valence-electron chi connectivity index (χ0n) is 14.1. The number of hydrogen-bond donors (Lipinski definition) is 0. The zero-order chi connectivity index (χ0) is 17.7. The molecule has 1 unspecified atom stereocenters. The molecule has 1 atom stereocenters. The van der Waals surface area contributed by atoms with Crippen molar-refractivity contribution in [2.75, 3.05) is 13.8 Å². The SMILES string of the molecule is COc1ccc(Oc2ccc(OP(C)(=O)c3ccccc3)cc2)cc1. The van der Waals surface area contributed by atoms with Gasteiger partial charge in [-0.05, 0) is 60.7 Å². The highest BCUT2D eigenvalue weighted by Crippen LogP contribution is 2.42. The molecule has 0 aromatic heterocycles. The summed E-state index contributed by atoms with van der Waals surface area (Å²) in [5.74, 6) is 2.69. The second-order valence-electron chi connectivity index (χ2n) is 5.52. The van der Waals surface area contributed by atoms with Crippen LogP contribution >= 0.6 is 7.37 Å². The van der Waals surface area contributed by atoms with Gasteiger partial charge >= 0.3 is 0 Å². The largest absolute Gasteiger partial charge is 0.497 e. The maximum atomic E-state index is 12.8. The molecule has 0 fully saturated rings. The molecule has 4 nitrogen and oxygen atoms in total. The maximum Gasteiger partial charge on any atom is 0.274 e. The van der Waals surface area contributed by atoms with E-state index in [1.165, 1.54) is 0 Å². The van der Waals surface area contributed by atoms with Crippen molar-refractivity contribution >= 4 is 12.7 Å². The van der Waals surface area contributed by atoms with E-state index in [0.29, 0.717) is 22.6 Å². The minimum atomic E-state index is -2.91. The van der Waals surface area contributed by atoms with Gasteiger partial charge in [-0.25, -0.2) is 0 Å². The van der Waals surface area contributed by atoms with Crippen molar-refractivity contribution in [1.29, 1.82) is 0 Å². The molecule has 3 aromatic rings.